The third kappa shape index (κ3) is 4.07. The standard InChI is InChI=1S/C16H18N4O5/c21-10-2-1-3-11(22)16(10)19-14(23)8-12-17-13(9-15(24)18-12)20-4-6-25-7-5-20/h1-3,9,21-22H,4-8H2,(H,19,23)(H,17,18,24). The zero-order valence-corrected chi connectivity index (χ0v) is 13.4. The topological polar surface area (TPSA) is 128 Å². The van der Waals surface area contributed by atoms with Crippen molar-refractivity contribution in [2.75, 3.05) is 36.5 Å². The van der Waals surface area contributed by atoms with Crippen molar-refractivity contribution in [1.29, 1.82) is 0 Å². The minimum atomic E-state index is -0.529. The Hall–Kier alpha value is -3.07. The Balaban J connectivity index is 1.75. The van der Waals surface area contributed by atoms with Gasteiger partial charge in [-0.3, -0.25) is 9.59 Å². The van der Waals surface area contributed by atoms with E-state index in [1.165, 1.54) is 24.3 Å². The molecule has 1 aromatic heterocycles. The number of H-pyrrole nitrogens is 1. The predicted octanol–water partition coefficient (Wildman–Crippen LogP) is 0.199. The maximum absolute atomic E-state index is 12.2. The molecule has 0 aliphatic carbocycles. The van der Waals surface area contributed by atoms with Crippen LogP contribution in [0, 0.1) is 0 Å². The first-order chi connectivity index (χ1) is 12.0. The summed E-state index contributed by atoms with van der Waals surface area (Å²) in [5.41, 5.74) is -0.441. The van der Waals surface area contributed by atoms with Crippen molar-refractivity contribution < 1.29 is 19.7 Å². The van der Waals surface area contributed by atoms with Crippen LogP contribution in [0.15, 0.2) is 29.1 Å². The summed E-state index contributed by atoms with van der Waals surface area (Å²) in [5, 5.41) is 21.8. The minimum absolute atomic E-state index is 0.0841. The molecule has 3 rings (SSSR count). The van der Waals surface area contributed by atoms with Crippen LogP contribution >= 0.6 is 0 Å². The van der Waals surface area contributed by atoms with Crippen LogP contribution in [0.25, 0.3) is 0 Å². The van der Waals surface area contributed by atoms with Gasteiger partial charge in [0.05, 0.1) is 19.6 Å². The zero-order valence-electron chi connectivity index (χ0n) is 13.4. The molecule has 9 heteroatoms. The highest BCUT2D eigenvalue weighted by atomic mass is 16.5. The third-order valence-corrected chi connectivity index (χ3v) is 3.73. The molecule has 1 saturated heterocycles. The number of aromatic amines is 1. The summed E-state index contributed by atoms with van der Waals surface area (Å²) in [6.07, 6.45) is -0.207. The lowest BCUT2D eigenvalue weighted by Gasteiger charge is -2.27. The monoisotopic (exact) mass is 346 g/mol. The number of phenols is 2. The number of hydrogen-bond acceptors (Lipinski definition) is 7. The maximum atomic E-state index is 12.2. The molecule has 1 aromatic carbocycles. The quantitative estimate of drug-likeness (QED) is 0.582. The Morgan fingerprint density at radius 3 is 2.64 bits per heavy atom. The fraction of sp³-hybridized carbons (Fsp3) is 0.312. The first kappa shape index (κ1) is 16.8. The average Bonchev–Trinajstić information content (AvgIpc) is 2.58. The zero-order chi connectivity index (χ0) is 17.8. The van der Waals surface area contributed by atoms with Crippen LogP contribution in [0.1, 0.15) is 5.82 Å². The maximum Gasteiger partial charge on any atom is 0.252 e. The van der Waals surface area contributed by atoms with E-state index in [-0.39, 0.29) is 35.0 Å². The van der Waals surface area contributed by atoms with E-state index in [0.29, 0.717) is 32.1 Å². The van der Waals surface area contributed by atoms with Crippen LogP contribution in [0.3, 0.4) is 0 Å². The number of carbonyl (C=O) groups is 1. The number of para-hydroxylation sites is 1. The predicted molar refractivity (Wildman–Crippen MR) is 90.0 cm³/mol. The number of nitrogens with one attached hydrogen (secondary N) is 2. The van der Waals surface area contributed by atoms with E-state index in [1.54, 1.807) is 0 Å². The van der Waals surface area contributed by atoms with Gasteiger partial charge in [0.2, 0.25) is 5.91 Å². The van der Waals surface area contributed by atoms with Crippen LogP contribution in [0.4, 0.5) is 11.5 Å². The Kier molecular flexibility index (Phi) is 4.85. The molecule has 132 valence electrons. The molecule has 1 aliphatic rings. The number of aromatic nitrogens is 2. The van der Waals surface area contributed by atoms with E-state index < -0.39 is 5.91 Å². The molecule has 0 spiro atoms. The molecular weight excluding hydrogens is 328 g/mol. The average molecular weight is 346 g/mol. The lowest BCUT2D eigenvalue weighted by atomic mass is 10.2. The van der Waals surface area contributed by atoms with Gasteiger partial charge >= 0.3 is 0 Å². The van der Waals surface area contributed by atoms with Crippen molar-refractivity contribution in [3.8, 4) is 11.5 Å². The molecule has 0 unspecified atom stereocenters. The summed E-state index contributed by atoms with van der Waals surface area (Å²) in [7, 11) is 0. The second-order valence-corrected chi connectivity index (χ2v) is 5.55. The van der Waals surface area contributed by atoms with Crippen molar-refractivity contribution in [1.82, 2.24) is 9.97 Å². The number of aromatic hydroxyl groups is 2. The summed E-state index contributed by atoms with van der Waals surface area (Å²) >= 11 is 0. The van der Waals surface area contributed by atoms with Gasteiger partial charge in [-0.25, -0.2) is 4.98 Å². The van der Waals surface area contributed by atoms with Crippen LogP contribution in [-0.4, -0.2) is 52.4 Å². The molecule has 4 N–H and O–H groups in total. The largest absolute Gasteiger partial charge is 0.506 e. The van der Waals surface area contributed by atoms with Crippen LogP contribution in [0.2, 0.25) is 0 Å². The van der Waals surface area contributed by atoms with Gasteiger partial charge in [-0.15, -0.1) is 0 Å². The normalized spacial score (nSPS) is 14.3. The number of nitrogens with zero attached hydrogens (tertiary/aromatic N) is 2. The molecule has 0 radical (unpaired) electrons. The summed E-state index contributed by atoms with van der Waals surface area (Å²) < 4.78 is 5.27. The second kappa shape index (κ2) is 7.22. The molecule has 9 nitrogen and oxygen atoms in total. The van der Waals surface area contributed by atoms with Gasteiger partial charge in [-0.05, 0) is 12.1 Å². The molecule has 2 aromatic rings. The van der Waals surface area contributed by atoms with E-state index in [0.717, 1.165) is 0 Å². The fourth-order valence-corrected chi connectivity index (χ4v) is 2.52. The Morgan fingerprint density at radius 1 is 1.28 bits per heavy atom. The number of benzene rings is 1. The van der Waals surface area contributed by atoms with Crippen molar-refractivity contribution in [2.24, 2.45) is 0 Å². The lowest BCUT2D eigenvalue weighted by Crippen LogP contribution is -2.37. The van der Waals surface area contributed by atoms with Crippen LogP contribution < -0.4 is 15.8 Å². The lowest BCUT2D eigenvalue weighted by molar-refractivity contribution is -0.115. The summed E-state index contributed by atoms with van der Waals surface area (Å²) in [5.74, 6) is -0.352. The third-order valence-electron chi connectivity index (χ3n) is 3.73. The van der Waals surface area contributed by atoms with Gasteiger partial charge in [0.1, 0.15) is 28.8 Å². The molecule has 0 atom stereocenters. The molecule has 1 aliphatic heterocycles. The van der Waals surface area contributed by atoms with Crippen molar-refractivity contribution >= 4 is 17.4 Å². The Morgan fingerprint density at radius 2 is 1.96 bits per heavy atom. The van der Waals surface area contributed by atoms with Crippen molar-refractivity contribution in [2.45, 2.75) is 6.42 Å². The van der Waals surface area contributed by atoms with E-state index in [2.05, 4.69) is 15.3 Å². The summed E-state index contributed by atoms with van der Waals surface area (Å²) in [4.78, 5) is 32.7. The molecule has 2 heterocycles. The van der Waals surface area contributed by atoms with E-state index >= 15 is 0 Å². The number of phenolic OH excluding ortho intramolecular Hbond substituents is 2. The number of carbonyl (C=O) groups excluding carboxylic acids is 1. The first-order valence-corrected chi connectivity index (χ1v) is 7.76. The fourth-order valence-electron chi connectivity index (χ4n) is 2.52. The van der Waals surface area contributed by atoms with Gasteiger partial charge in [-0.1, -0.05) is 6.07 Å². The van der Waals surface area contributed by atoms with Crippen LogP contribution in [0.5, 0.6) is 11.5 Å². The van der Waals surface area contributed by atoms with Crippen LogP contribution in [-0.2, 0) is 16.0 Å². The first-order valence-electron chi connectivity index (χ1n) is 7.76. The number of hydrogen-bond donors (Lipinski definition) is 4. The minimum Gasteiger partial charge on any atom is -0.506 e. The highest BCUT2D eigenvalue weighted by Gasteiger charge is 2.16. The molecule has 0 bridgehead atoms. The molecule has 1 amide bonds. The van der Waals surface area contributed by atoms with Crippen molar-refractivity contribution in [3.05, 3.63) is 40.4 Å². The van der Waals surface area contributed by atoms with Gasteiger partial charge in [0.15, 0.2) is 0 Å². The summed E-state index contributed by atoms with van der Waals surface area (Å²) in [6, 6.07) is 5.51. The number of amides is 1. The SMILES string of the molecule is O=C(Cc1nc(N2CCOCC2)cc(=O)[nH]1)Nc1c(O)cccc1O. The Labute approximate surface area is 142 Å². The number of ether oxygens (including phenoxy) is 1. The van der Waals surface area contributed by atoms with Crippen molar-refractivity contribution in [3.63, 3.8) is 0 Å². The molecular formula is C16H18N4O5. The highest BCUT2D eigenvalue weighted by molar-refractivity contribution is 5.94. The highest BCUT2D eigenvalue weighted by Crippen LogP contribution is 2.32. The van der Waals surface area contributed by atoms with Gasteiger partial charge in [-0.2, -0.15) is 0 Å². The number of anilines is 2. The van der Waals surface area contributed by atoms with Gasteiger partial charge < -0.3 is 30.2 Å². The smallest absolute Gasteiger partial charge is 0.252 e. The van der Waals surface area contributed by atoms with Gasteiger partial charge in [0, 0.05) is 19.2 Å². The second-order valence-electron chi connectivity index (χ2n) is 5.55. The van der Waals surface area contributed by atoms with E-state index in [9.17, 15) is 19.8 Å². The molecule has 1 fully saturated rings. The van der Waals surface area contributed by atoms with E-state index in [1.807, 2.05) is 4.90 Å². The van der Waals surface area contributed by atoms with E-state index in [4.69, 9.17) is 4.74 Å². The van der Waals surface area contributed by atoms with Gasteiger partial charge in [0.25, 0.3) is 5.56 Å². The molecule has 25 heavy (non-hydrogen) atoms. The Bertz CT molecular complexity index is 809. The number of morpholine rings is 1. The number of rotatable bonds is 4. The summed E-state index contributed by atoms with van der Waals surface area (Å²) in [6.45, 7) is 2.34. The molecule has 0 saturated carbocycles.